The Labute approximate surface area is 98.4 Å². The van der Waals surface area contributed by atoms with Gasteiger partial charge in [-0.05, 0) is 28.8 Å². The summed E-state index contributed by atoms with van der Waals surface area (Å²) in [5.74, 6) is 1.40. The van der Waals surface area contributed by atoms with Crippen molar-refractivity contribution in [3.05, 3.63) is 16.9 Å². The molecular weight excluding hydrogens is 278 g/mol. The second kappa shape index (κ2) is 4.25. The Morgan fingerprint density at radius 1 is 1.60 bits per heavy atom. The van der Waals surface area contributed by atoms with Crippen molar-refractivity contribution in [1.29, 1.82) is 0 Å². The molecule has 1 aromatic rings. The van der Waals surface area contributed by atoms with Crippen LogP contribution in [0.1, 0.15) is 18.9 Å². The molecule has 0 aromatic carbocycles. The second-order valence-electron chi connectivity index (χ2n) is 3.73. The molecule has 0 bridgehead atoms. The van der Waals surface area contributed by atoms with Crippen LogP contribution in [0.2, 0.25) is 0 Å². The first-order valence-electron chi connectivity index (χ1n) is 4.93. The highest BCUT2D eigenvalue weighted by Crippen LogP contribution is 2.25. The van der Waals surface area contributed by atoms with E-state index in [4.69, 9.17) is 0 Å². The van der Waals surface area contributed by atoms with Crippen molar-refractivity contribution in [2.45, 2.75) is 18.9 Å². The molecule has 1 fully saturated rings. The van der Waals surface area contributed by atoms with Gasteiger partial charge < -0.3 is 0 Å². The van der Waals surface area contributed by atoms with Gasteiger partial charge in [-0.3, -0.25) is 4.68 Å². The van der Waals surface area contributed by atoms with Crippen LogP contribution in [0.3, 0.4) is 0 Å². The largest absolute Gasteiger partial charge is 0.268 e. The zero-order valence-electron chi connectivity index (χ0n) is 8.60. The Bertz CT molecular complexity index is 448. The molecule has 1 saturated heterocycles. The van der Waals surface area contributed by atoms with Crippen molar-refractivity contribution < 1.29 is 4.21 Å². The fourth-order valence-electron chi connectivity index (χ4n) is 1.85. The molecule has 1 aliphatic heterocycles. The molecular formula is C9H14BrN3OS. The average molecular weight is 292 g/mol. The van der Waals surface area contributed by atoms with Gasteiger partial charge in [-0.2, -0.15) is 5.10 Å². The van der Waals surface area contributed by atoms with Gasteiger partial charge in [0.15, 0.2) is 0 Å². The Hall–Kier alpha value is -0.360. The summed E-state index contributed by atoms with van der Waals surface area (Å²) in [6.45, 7) is 0. The molecule has 1 aromatic heterocycles. The molecule has 0 unspecified atom stereocenters. The monoisotopic (exact) mass is 291 g/mol. The third kappa shape index (κ3) is 2.42. The minimum absolute atomic E-state index is 0.382. The van der Waals surface area contributed by atoms with Gasteiger partial charge in [-0.15, -0.1) is 0 Å². The van der Waals surface area contributed by atoms with E-state index >= 15 is 0 Å². The van der Waals surface area contributed by atoms with Crippen LogP contribution in [0.4, 0.5) is 0 Å². The van der Waals surface area contributed by atoms with Crippen molar-refractivity contribution in [2.24, 2.45) is 4.36 Å². The lowest BCUT2D eigenvalue weighted by atomic mass is 10.2. The van der Waals surface area contributed by atoms with Gasteiger partial charge in [0, 0.05) is 34.5 Å². The smallest absolute Gasteiger partial charge is 0.0632 e. The minimum Gasteiger partial charge on any atom is -0.268 e. The van der Waals surface area contributed by atoms with E-state index < -0.39 is 9.73 Å². The zero-order valence-corrected chi connectivity index (χ0v) is 11.0. The molecule has 4 nitrogen and oxygen atoms in total. The highest BCUT2D eigenvalue weighted by molar-refractivity contribution is 9.10. The first-order chi connectivity index (χ1) is 7.13. The fraction of sp³-hybridized carbons (Fsp3) is 0.667. The van der Waals surface area contributed by atoms with Crippen molar-refractivity contribution in [3.8, 4) is 0 Å². The molecule has 0 atom stereocenters. The van der Waals surface area contributed by atoms with Gasteiger partial charge in [-0.25, -0.2) is 8.57 Å². The number of aromatic nitrogens is 2. The fourth-order valence-corrected chi connectivity index (χ4v) is 4.00. The van der Waals surface area contributed by atoms with Gasteiger partial charge in [-0.1, -0.05) is 0 Å². The highest BCUT2D eigenvalue weighted by atomic mass is 79.9. The van der Waals surface area contributed by atoms with Crippen LogP contribution in [-0.4, -0.2) is 32.5 Å². The van der Waals surface area contributed by atoms with E-state index in [-0.39, 0.29) is 0 Å². The number of halogens is 1. The number of rotatable bonds is 1. The number of hydrogen-bond donors (Lipinski definition) is 0. The summed E-state index contributed by atoms with van der Waals surface area (Å²) in [6, 6.07) is 0.382. The Balaban J connectivity index is 2.09. The van der Waals surface area contributed by atoms with Crippen LogP contribution in [0.15, 0.2) is 21.2 Å². The molecule has 2 rings (SSSR count). The molecule has 0 radical (unpaired) electrons. The SMILES string of the molecule is CN=S1(=O)CCC(n2cc(Br)cn2)CC1. The maximum Gasteiger partial charge on any atom is 0.0632 e. The third-order valence-corrected chi connectivity index (χ3v) is 5.64. The maximum atomic E-state index is 12.0. The molecule has 15 heavy (non-hydrogen) atoms. The van der Waals surface area contributed by atoms with Crippen LogP contribution in [0.25, 0.3) is 0 Å². The quantitative estimate of drug-likeness (QED) is 0.795. The lowest BCUT2D eigenvalue weighted by Crippen LogP contribution is -2.25. The van der Waals surface area contributed by atoms with Crippen molar-refractivity contribution in [2.75, 3.05) is 18.6 Å². The summed E-state index contributed by atoms with van der Waals surface area (Å²) < 4.78 is 18.9. The first kappa shape index (κ1) is 11.1. The van der Waals surface area contributed by atoms with Gasteiger partial charge in [0.25, 0.3) is 0 Å². The topological polar surface area (TPSA) is 47.2 Å². The molecule has 2 heterocycles. The second-order valence-corrected chi connectivity index (χ2v) is 7.38. The minimum atomic E-state index is -1.89. The normalized spacial score (nSPS) is 31.5. The van der Waals surface area contributed by atoms with E-state index in [1.165, 1.54) is 0 Å². The number of hydrogen-bond acceptors (Lipinski definition) is 3. The lowest BCUT2D eigenvalue weighted by Gasteiger charge is -2.24. The van der Waals surface area contributed by atoms with E-state index in [2.05, 4.69) is 25.4 Å². The van der Waals surface area contributed by atoms with E-state index in [9.17, 15) is 4.21 Å². The summed E-state index contributed by atoms with van der Waals surface area (Å²) in [5.41, 5.74) is 0. The summed E-state index contributed by atoms with van der Waals surface area (Å²) in [4.78, 5) is 0. The van der Waals surface area contributed by atoms with Gasteiger partial charge in [0.2, 0.25) is 0 Å². The molecule has 0 spiro atoms. The molecule has 6 heteroatoms. The summed E-state index contributed by atoms with van der Waals surface area (Å²) in [5, 5.41) is 4.26. The van der Waals surface area contributed by atoms with Crippen LogP contribution < -0.4 is 0 Å². The van der Waals surface area contributed by atoms with Gasteiger partial charge >= 0.3 is 0 Å². The Morgan fingerprint density at radius 3 is 2.73 bits per heavy atom. The Morgan fingerprint density at radius 2 is 2.27 bits per heavy atom. The molecule has 1 aliphatic rings. The van der Waals surface area contributed by atoms with Crippen molar-refractivity contribution in [3.63, 3.8) is 0 Å². The molecule has 0 saturated carbocycles. The van der Waals surface area contributed by atoms with Gasteiger partial charge in [0.1, 0.15) is 0 Å². The van der Waals surface area contributed by atoms with E-state index in [1.54, 1.807) is 13.2 Å². The van der Waals surface area contributed by atoms with Crippen LogP contribution >= 0.6 is 15.9 Å². The predicted octanol–water partition coefficient (Wildman–Crippen LogP) is 2.08. The lowest BCUT2D eigenvalue weighted by molar-refractivity contribution is 0.420. The Kier molecular flexibility index (Phi) is 3.16. The summed E-state index contributed by atoms with van der Waals surface area (Å²) >= 11 is 3.38. The van der Waals surface area contributed by atoms with E-state index in [1.807, 2.05) is 10.9 Å². The highest BCUT2D eigenvalue weighted by Gasteiger charge is 2.23. The van der Waals surface area contributed by atoms with Crippen LogP contribution in [-0.2, 0) is 9.73 Å². The number of nitrogens with zero attached hydrogens (tertiary/aromatic N) is 3. The molecule has 0 amide bonds. The maximum absolute atomic E-state index is 12.0. The molecule has 0 aliphatic carbocycles. The summed E-state index contributed by atoms with van der Waals surface area (Å²) in [6.07, 6.45) is 5.57. The van der Waals surface area contributed by atoms with Crippen molar-refractivity contribution >= 4 is 25.7 Å². The zero-order chi connectivity index (χ0) is 10.9. The van der Waals surface area contributed by atoms with Crippen LogP contribution in [0.5, 0.6) is 0 Å². The predicted molar refractivity (Wildman–Crippen MR) is 64.4 cm³/mol. The van der Waals surface area contributed by atoms with Gasteiger partial charge in [0.05, 0.1) is 16.7 Å². The van der Waals surface area contributed by atoms with E-state index in [0.717, 1.165) is 17.3 Å². The average Bonchev–Trinajstić information content (AvgIpc) is 2.66. The first-order valence-corrected chi connectivity index (χ1v) is 7.58. The molecule has 84 valence electrons. The van der Waals surface area contributed by atoms with E-state index in [0.29, 0.717) is 17.5 Å². The molecule has 0 N–H and O–H groups in total. The summed E-state index contributed by atoms with van der Waals surface area (Å²) in [7, 11) is -0.230. The van der Waals surface area contributed by atoms with Crippen LogP contribution in [0, 0.1) is 0 Å². The third-order valence-electron chi connectivity index (χ3n) is 2.82. The van der Waals surface area contributed by atoms with Crippen molar-refractivity contribution in [1.82, 2.24) is 9.78 Å². The standard InChI is InChI=1S/C9H14BrN3OS/c1-11-15(14)4-2-9(3-5-15)13-7-8(10)6-12-13/h6-7,9H,2-5H2,1H3.